The third-order valence-corrected chi connectivity index (χ3v) is 8.53. The van der Waals surface area contributed by atoms with Gasteiger partial charge in [-0.25, -0.2) is 8.42 Å². The number of aryl methyl sites for hydroxylation is 1. The molecule has 6 nitrogen and oxygen atoms in total. The summed E-state index contributed by atoms with van der Waals surface area (Å²) in [5, 5.41) is 1.99. The SMILES string of the molecule is O=C(CCc1cccs1)N1CCN(C(=O)C2CCC2)[C@H]2CS(=O)(=O)C[C@H]21. The topological polar surface area (TPSA) is 74.8 Å². The molecule has 2 amide bonds. The Morgan fingerprint density at radius 3 is 2.42 bits per heavy atom. The van der Waals surface area contributed by atoms with E-state index < -0.39 is 9.84 Å². The quantitative estimate of drug-likeness (QED) is 0.769. The molecule has 0 N–H and O–H groups in total. The highest BCUT2D eigenvalue weighted by Crippen LogP contribution is 2.33. The second kappa shape index (κ2) is 6.96. The summed E-state index contributed by atoms with van der Waals surface area (Å²) in [5.74, 6) is 0.122. The van der Waals surface area contributed by atoms with Crippen LogP contribution in [0.3, 0.4) is 0 Å². The monoisotopic (exact) mass is 396 g/mol. The number of hydrogen-bond acceptors (Lipinski definition) is 5. The molecule has 26 heavy (non-hydrogen) atoms. The van der Waals surface area contributed by atoms with Crippen molar-refractivity contribution in [2.45, 2.75) is 44.2 Å². The summed E-state index contributed by atoms with van der Waals surface area (Å²) >= 11 is 1.63. The van der Waals surface area contributed by atoms with Crippen LogP contribution in [-0.2, 0) is 25.8 Å². The number of carbonyl (C=O) groups is 2. The van der Waals surface area contributed by atoms with Gasteiger partial charge in [-0.3, -0.25) is 9.59 Å². The first-order chi connectivity index (χ1) is 12.4. The average molecular weight is 397 g/mol. The predicted octanol–water partition coefficient (Wildman–Crippen LogP) is 1.32. The highest BCUT2D eigenvalue weighted by molar-refractivity contribution is 7.91. The minimum atomic E-state index is -3.22. The summed E-state index contributed by atoms with van der Waals surface area (Å²) in [5.41, 5.74) is 0. The lowest BCUT2D eigenvalue weighted by atomic mass is 9.83. The maximum Gasteiger partial charge on any atom is 0.226 e. The van der Waals surface area contributed by atoms with E-state index in [0.717, 1.165) is 24.1 Å². The molecule has 0 radical (unpaired) electrons. The third kappa shape index (κ3) is 3.41. The highest BCUT2D eigenvalue weighted by Gasteiger charge is 2.50. The Bertz CT molecular complexity index is 786. The lowest BCUT2D eigenvalue weighted by Gasteiger charge is -2.45. The van der Waals surface area contributed by atoms with E-state index in [2.05, 4.69) is 0 Å². The first-order valence-electron chi connectivity index (χ1n) is 9.27. The zero-order valence-corrected chi connectivity index (χ0v) is 16.3. The van der Waals surface area contributed by atoms with Crippen LogP contribution in [0.25, 0.3) is 0 Å². The molecular formula is C18H24N2O4S2. The zero-order chi connectivity index (χ0) is 18.3. The van der Waals surface area contributed by atoms with Gasteiger partial charge < -0.3 is 9.80 Å². The Morgan fingerprint density at radius 2 is 1.81 bits per heavy atom. The van der Waals surface area contributed by atoms with Crippen molar-refractivity contribution in [1.82, 2.24) is 9.80 Å². The molecule has 1 aromatic rings. The van der Waals surface area contributed by atoms with Crippen LogP contribution in [0.1, 0.15) is 30.6 Å². The number of nitrogens with zero attached hydrogens (tertiary/aromatic N) is 2. The van der Waals surface area contributed by atoms with E-state index in [0.29, 0.717) is 25.9 Å². The molecule has 2 atom stereocenters. The molecule has 1 aliphatic carbocycles. The second-order valence-electron chi connectivity index (χ2n) is 7.54. The number of fused-ring (bicyclic) bond motifs is 1. The van der Waals surface area contributed by atoms with Crippen molar-refractivity contribution in [2.24, 2.45) is 5.92 Å². The van der Waals surface area contributed by atoms with Crippen LogP contribution in [0.2, 0.25) is 0 Å². The Morgan fingerprint density at radius 1 is 1.12 bits per heavy atom. The first kappa shape index (κ1) is 18.0. The average Bonchev–Trinajstić information content (AvgIpc) is 3.15. The van der Waals surface area contributed by atoms with Crippen molar-refractivity contribution in [3.8, 4) is 0 Å². The maximum atomic E-state index is 12.8. The van der Waals surface area contributed by atoms with Gasteiger partial charge in [0.15, 0.2) is 9.84 Å². The Balaban J connectivity index is 1.47. The molecule has 4 rings (SSSR count). The van der Waals surface area contributed by atoms with Crippen LogP contribution in [0.5, 0.6) is 0 Å². The third-order valence-electron chi connectivity index (χ3n) is 5.90. The predicted molar refractivity (Wildman–Crippen MR) is 99.6 cm³/mol. The van der Waals surface area contributed by atoms with Crippen LogP contribution >= 0.6 is 11.3 Å². The molecule has 3 heterocycles. The molecule has 0 bridgehead atoms. The van der Waals surface area contributed by atoms with Crippen LogP contribution < -0.4 is 0 Å². The molecule has 2 aliphatic heterocycles. The second-order valence-corrected chi connectivity index (χ2v) is 10.7. The Hall–Kier alpha value is -1.41. The fourth-order valence-corrected chi connectivity index (χ4v) is 6.94. The van der Waals surface area contributed by atoms with Crippen molar-refractivity contribution >= 4 is 33.0 Å². The number of sulfone groups is 1. The highest BCUT2D eigenvalue weighted by atomic mass is 32.2. The van der Waals surface area contributed by atoms with Gasteiger partial charge in [0.25, 0.3) is 0 Å². The van der Waals surface area contributed by atoms with Crippen molar-refractivity contribution < 1.29 is 18.0 Å². The van der Waals surface area contributed by atoms with Gasteiger partial charge in [0.05, 0.1) is 23.6 Å². The van der Waals surface area contributed by atoms with Gasteiger partial charge >= 0.3 is 0 Å². The minimum absolute atomic E-state index is 0.00115. The molecule has 0 spiro atoms. The van der Waals surface area contributed by atoms with E-state index >= 15 is 0 Å². The summed E-state index contributed by atoms with van der Waals surface area (Å²) in [6.07, 6.45) is 3.96. The number of piperazine rings is 1. The van der Waals surface area contributed by atoms with E-state index in [1.165, 1.54) is 0 Å². The summed E-state index contributed by atoms with van der Waals surface area (Å²) in [7, 11) is -3.22. The Labute approximate surface area is 158 Å². The van der Waals surface area contributed by atoms with Gasteiger partial charge in [0.2, 0.25) is 11.8 Å². The van der Waals surface area contributed by atoms with Crippen molar-refractivity contribution in [3.05, 3.63) is 22.4 Å². The van der Waals surface area contributed by atoms with E-state index in [-0.39, 0.29) is 41.3 Å². The standard InChI is InChI=1S/C18H24N2O4S2/c21-17(7-6-14-5-2-10-25-14)19-8-9-20(18(22)13-3-1-4-13)16-12-26(23,24)11-15(16)19/h2,5,10,13,15-16H,1,3-4,6-9,11-12H2/t15-,16+/m1/s1. The molecule has 142 valence electrons. The van der Waals surface area contributed by atoms with E-state index in [9.17, 15) is 18.0 Å². The molecule has 1 aromatic heterocycles. The van der Waals surface area contributed by atoms with Gasteiger partial charge in [-0.15, -0.1) is 11.3 Å². The van der Waals surface area contributed by atoms with Crippen molar-refractivity contribution in [1.29, 1.82) is 0 Å². The number of carbonyl (C=O) groups excluding carboxylic acids is 2. The summed E-state index contributed by atoms with van der Waals surface area (Å²) < 4.78 is 24.5. The van der Waals surface area contributed by atoms with E-state index in [4.69, 9.17) is 0 Å². The number of hydrogen-bond donors (Lipinski definition) is 0. The van der Waals surface area contributed by atoms with Crippen LogP contribution in [-0.4, -0.2) is 66.7 Å². The first-order valence-corrected chi connectivity index (χ1v) is 12.0. The van der Waals surface area contributed by atoms with Crippen LogP contribution in [0.4, 0.5) is 0 Å². The largest absolute Gasteiger partial charge is 0.335 e. The number of thiophene rings is 1. The molecule has 2 saturated heterocycles. The van der Waals surface area contributed by atoms with Crippen molar-refractivity contribution in [2.75, 3.05) is 24.6 Å². The van der Waals surface area contributed by atoms with E-state index in [1.807, 2.05) is 17.5 Å². The van der Waals surface area contributed by atoms with Crippen LogP contribution in [0.15, 0.2) is 17.5 Å². The van der Waals surface area contributed by atoms with Gasteiger partial charge in [-0.2, -0.15) is 0 Å². The fraction of sp³-hybridized carbons (Fsp3) is 0.667. The zero-order valence-electron chi connectivity index (χ0n) is 14.7. The van der Waals surface area contributed by atoms with Crippen LogP contribution in [0, 0.1) is 5.92 Å². The minimum Gasteiger partial charge on any atom is -0.335 e. The molecule has 0 unspecified atom stereocenters. The summed E-state index contributed by atoms with van der Waals surface area (Å²) in [6.45, 7) is 0.898. The summed E-state index contributed by atoms with van der Waals surface area (Å²) in [6, 6.07) is 3.23. The smallest absolute Gasteiger partial charge is 0.226 e. The Kier molecular flexibility index (Phi) is 4.81. The lowest BCUT2D eigenvalue weighted by molar-refractivity contribution is -0.149. The van der Waals surface area contributed by atoms with Gasteiger partial charge in [-0.05, 0) is 30.7 Å². The van der Waals surface area contributed by atoms with Gasteiger partial charge in [-0.1, -0.05) is 12.5 Å². The molecule has 0 aromatic carbocycles. The summed E-state index contributed by atoms with van der Waals surface area (Å²) in [4.78, 5) is 30.1. The fourth-order valence-electron chi connectivity index (χ4n) is 4.25. The van der Waals surface area contributed by atoms with Gasteiger partial charge in [0.1, 0.15) is 0 Å². The maximum absolute atomic E-state index is 12.8. The molecule has 1 saturated carbocycles. The number of rotatable bonds is 4. The molecule has 3 aliphatic rings. The lowest BCUT2D eigenvalue weighted by Crippen LogP contribution is -2.63. The van der Waals surface area contributed by atoms with Gasteiger partial charge in [0, 0.05) is 30.3 Å². The normalized spacial score (nSPS) is 27.8. The molecule has 3 fully saturated rings. The molecule has 8 heteroatoms. The van der Waals surface area contributed by atoms with Crippen molar-refractivity contribution in [3.63, 3.8) is 0 Å². The number of amides is 2. The molecular weight excluding hydrogens is 372 g/mol. The van der Waals surface area contributed by atoms with E-state index in [1.54, 1.807) is 21.1 Å².